The maximum absolute atomic E-state index is 11.6. The van der Waals surface area contributed by atoms with Crippen LogP contribution in [0.15, 0.2) is 0 Å². The van der Waals surface area contributed by atoms with E-state index in [-0.39, 0.29) is 30.0 Å². The second-order valence-electron chi connectivity index (χ2n) is 4.57. The lowest BCUT2D eigenvalue weighted by atomic mass is 10.1. The molecule has 0 aromatic carbocycles. The molecule has 1 unspecified atom stereocenters. The van der Waals surface area contributed by atoms with E-state index in [2.05, 4.69) is 18.7 Å². The third-order valence-corrected chi connectivity index (χ3v) is 5.09. The summed E-state index contributed by atoms with van der Waals surface area (Å²) in [6, 6.07) is -0.0778. The highest BCUT2D eigenvalue weighted by Gasteiger charge is 2.35. The van der Waals surface area contributed by atoms with E-state index in [4.69, 9.17) is 5.11 Å². The van der Waals surface area contributed by atoms with Gasteiger partial charge in [-0.3, -0.25) is 9.69 Å². The van der Waals surface area contributed by atoms with Crippen molar-refractivity contribution in [2.75, 3.05) is 18.1 Å². The van der Waals surface area contributed by atoms with Crippen LogP contribution in [0.4, 0.5) is 0 Å². The van der Waals surface area contributed by atoms with Crippen LogP contribution in [0, 0.1) is 0 Å². The highest BCUT2D eigenvalue weighted by Crippen LogP contribution is 2.21. The molecule has 100 valence electrons. The van der Waals surface area contributed by atoms with Gasteiger partial charge in [0.15, 0.2) is 9.84 Å². The summed E-state index contributed by atoms with van der Waals surface area (Å²) in [7, 11) is -3.07. The van der Waals surface area contributed by atoms with Gasteiger partial charge in [-0.05, 0) is 12.8 Å². The Balaban J connectivity index is 2.83. The number of hydrogen-bond donors (Lipinski definition) is 1. The maximum Gasteiger partial charge on any atom is 0.304 e. The Hall–Kier alpha value is -0.620. The van der Waals surface area contributed by atoms with Gasteiger partial charge in [0, 0.05) is 18.6 Å². The van der Waals surface area contributed by atoms with Crippen molar-refractivity contribution in [3.05, 3.63) is 0 Å². The van der Waals surface area contributed by atoms with Gasteiger partial charge in [0.05, 0.1) is 17.9 Å². The fourth-order valence-corrected chi connectivity index (χ4v) is 4.07. The van der Waals surface area contributed by atoms with E-state index in [9.17, 15) is 13.2 Å². The Morgan fingerprint density at radius 3 is 2.47 bits per heavy atom. The molecule has 0 radical (unpaired) electrons. The number of hydrogen-bond acceptors (Lipinski definition) is 4. The van der Waals surface area contributed by atoms with Gasteiger partial charge in [0.1, 0.15) is 0 Å². The van der Waals surface area contributed by atoms with Crippen LogP contribution < -0.4 is 0 Å². The Labute approximate surface area is 103 Å². The Morgan fingerprint density at radius 2 is 2.00 bits per heavy atom. The average Bonchev–Trinajstić information content (AvgIpc) is 2.21. The lowest BCUT2D eigenvalue weighted by Crippen LogP contribution is -2.53. The van der Waals surface area contributed by atoms with Crippen molar-refractivity contribution >= 4 is 15.8 Å². The first-order valence-corrected chi connectivity index (χ1v) is 7.89. The molecule has 1 atom stereocenters. The van der Waals surface area contributed by atoms with Gasteiger partial charge in [0.25, 0.3) is 0 Å². The molecule has 1 saturated heterocycles. The number of carboxylic acids is 1. The topological polar surface area (TPSA) is 74.7 Å². The van der Waals surface area contributed by atoms with Crippen molar-refractivity contribution in [3.63, 3.8) is 0 Å². The highest BCUT2D eigenvalue weighted by molar-refractivity contribution is 7.91. The summed E-state index contributed by atoms with van der Waals surface area (Å²) >= 11 is 0. The van der Waals surface area contributed by atoms with Gasteiger partial charge in [0.2, 0.25) is 0 Å². The number of sulfone groups is 1. The van der Waals surface area contributed by atoms with Gasteiger partial charge >= 0.3 is 5.97 Å². The average molecular weight is 263 g/mol. The third-order valence-electron chi connectivity index (χ3n) is 3.40. The summed E-state index contributed by atoms with van der Waals surface area (Å²) < 4.78 is 23.1. The molecular weight excluding hydrogens is 242 g/mol. The smallest absolute Gasteiger partial charge is 0.304 e. The molecule has 6 heteroatoms. The first-order valence-electron chi connectivity index (χ1n) is 6.07. The molecule has 17 heavy (non-hydrogen) atoms. The fraction of sp³-hybridized carbons (Fsp3) is 0.909. The monoisotopic (exact) mass is 263 g/mol. The van der Waals surface area contributed by atoms with Crippen molar-refractivity contribution in [1.82, 2.24) is 4.90 Å². The van der Waals surface area contributed by atoms with Gasteiger partial charge in [-0.2, -0.15) is 0 Å². The van der Waals surface area contributed by atoms with Crippen LogP contribution in [0.25, 0.3) is 0 Å². The highest BCUT2D eigenvalue weighted by atomic mass is 32.2. The molecule has 5 nitrogen and oxygen atoms in total. The molecule has 1 aliphatic rings. The summed E-state index contributed by atoms with van der Waals surface area (Å²) in [6.45, 7) is 4.57. The van der Waals surface area contributed by atoms with E-state index in [1.165, 1.54) is 0 Å². The second kappa shape index (κ2) is 5.82. The number of nitrogens with zero attached hydrogens (tertiary/aromatic N) is 1. The zero-order valence-corrected chi connectivity index (χ0v) is 11.2. The van der Waals surface area contributed by atoms with Crippen LogP contribution in [0.3, 0.4) is 0 Å². The first-order chi connectivity index (χ1) is 7.89. The van der Waals surface area contributed by atoms with Crippen LogP contribution in [-0.2, 0) is 14.6 Å². The molecule has 0 bridgehead atoms. The molecule has 1 fully saturated rings. The summed E-state index contributed by atoms with van der Waals surface area (Å²) in [6.07, 6.45) is 1.76. The zero-order valence-electron chi connectivity index (χ0n) is 10.4. The van der Waals surface area contributed by atoms with Gasteiger partial charge in [-0.1, -0.05) is 13.8 Å². The van der Waals surface area contributed by atoms with Gasteiger partial charge in [-0.15, -0.1) is 0 Å². The second-order valence-corrected chi connectivity index (χ2v) is 6.80. The summed E-state index contributed by atoms with van der Waals surface area (Å²) in [4.78, 5) is 12.9. The van der Waals surface area contributed by atoms with Crippen LogP contribution in [0.1, 0.15) is 33.1 Å². The van der Waals surface area contributed by atoms with E-state index < -0.39 is 15.8 Å². The van der Waals surface area contributed by atoms with E-state index >= 15 is 0 Å². The van der Waals surface area contributed by atoms with Crippen LogP contribution in [-0.4, -0.2) is 54.5 Å². The molecule has 0 aromatic heterocycles. The quantitative estimate of drug-likeness (QED) is 0.792. The number of rotatable bonds is 5. The predicted octanol–water partition coefficient (Wildman–Crippen LogP) is 0.749. The molecule has 1 N–H and O–H groups in total. The van der Waals surface area contributed by atoms with E-state index in [1.807, 2.05) is 0 Å². The van der Waals surface area contributed by atoms with Crippen LogP contribution in [0.2, 0.25) is 0 Å². The fourth-order valence-electron chi connectivity index (χ4n) is 2.52. The number of carbonyl (C=O) groups is 1. The van der Waals surface area contributed by atoms with Crippen molar-refractivity contribution in [2.24, 2.45) is 0 Å². The molecule has 0 spiro atoms. The summed E-state index contributed by atoms with van der Waals surface area (Å²) in [5.41, 5.74) is 0. The normalized spacial score (nSPS) is 25.0. The molecule has 0 aliphatic carbocycles. The van der Waals surface area contributed by atoms with E-state index in [0.29, 0.717) is 6.54 Å². The van der Waals surface area contributed by atoms with Crippen molar-refractivity contribution < 1.29 is 18.3 Å². The van der Waals surface area contributed by atoms with E-state index in [0.717, 1.165) is 12.8 Å². The lowest BCUT2D eigenvalue weighted by Gasteiger charge is -2.39. The standard InChI is InChI=1S/C11H21NO4S/c1-3-9(4-2)12-5-6-17(15,16)8-10(12)7-11(13)14/h9-10H,3-8H2,1-2H3,(H,13,14). The minimum atomic E-state index is -3.07. The molecule has 0 saturated carbocycles. The summed E-state index contributed by atoms with van der Waals surface area (Å²) in [5, 5.41) is 8.86. The SMILES string of the molecule is CCC(CC)N1CCS(=O)(=O)CC1CC(=O)O. The third kappa shape index (κ3) is 3.96. The van der Waals surface area contributed by atoms with Gasteiger partial charge in [-0.25, -0.2) is 8.42 Å². The molecule has 0 amide bonds. The maximum atomic E-state index is 11.6. The Morgan fingerprint density at radius 1 is 1.41 bits per heavy atom. The van der Waals surface area contributed by atoms with Gasteiger partial charge < -0.3 is 5.11 Å². The molecular formula is C11H21NO4S. The van der Waals surface area contributed by atoms with Crippen molar-refractivity contribution in [1.29, 1.82) is 0 Å². The number of carboxylic acid groups (broad SMARTS) is 1. The zero-order chi connectivity index (χ0) is 13.1. The minimum absolute atomic E-state index is 0.0181. The van der Waals surface area contributed by atoms with E-state index in [1.54, 1.807) is 0 Å². The van der Waals surface area contributed by atoms with Crippen LogP contribution >= 0.6 is 0 Å². The molecule has 1 aliphatic heterocycles. The minimum Gasteiger partial charge on any atom is -0.481 e. The molecule has 0 aromatic rings. The Kier molecular flexibility index (Phi) is 4.94. The number of aliphatic carboxylic acids is 1. The first kappa shape index (κ1) is 14.4. The lowest BCUT2D eigenvalue weighted by molar-refractivity contribution is -0.138. The van der Waals surface area contributed by atoms with Crippen molar-refractivity contribution in [2.45, 2.75) is 45.2 Å². The van der Waals surface area contributed by atoms with Crippen molar-refractivity contribution in [3.8, 4) is 0 Å². The largest absolute Gasteiger partial charge is 0.481 e. The predicted molar refractivity (Wildman–Crippen MR) is 65.8 cm³/mol. The Bertz CT molecular complexity index is 362. The summed E-state index contributed by atoms with van der Waals surface area (Å²) in [5.74, 6) is -0.793. The van der Waals surface area contributed by atoms with Crippen LogP contribution in [0.5, 0.6) is 0 Å². The molecule has 1 rings (SSSR count). The molecule has 1 heterocycles.